The molecule has 0 saturated carbocycles. The van der Waals surface area contributed by atoms with Crippen LogP contribution in [0.5, 0.6) is 0 Å². The quantitative estimate of drug-likeness (QED) is 0.730. The molecule has 0 aromatic heterocycles. The number of benzene rings is 1. The maximum absolute atomic E-state index is 10.7. The summed E-state index contributed by atoms with van der Waals surface area (Å²) in [5.41, 5.74) is 1.44. The molecule has 0 amide bonds. The highest BCUT2D eigenvalue weighted by Crippen LogP contribution is 2.20. The van der Waals surface area contributed by atoms with Crippen LogP contribution in [0, 0.1) is 11.3 Å². The first-order chi connectivity index (χ1) is 9.19. The molecule has 1 aromatic carbocycles. The fraction of sp³-hybridized carbons (Fsp3) is 0.467. The molecule has 0 spiro atoms. The van der Waals surface area contributed by atoms with Crippen molar-refractivity contribution >= 4 is 11.7 Å². The number of rotatable bonds is 8. The number of carbonyl (C=O) groups is 1. The number of unbranched alkanes of at least 4 members (excludes halogenated alkanes) is 2. The van der Waals surface area contributed by atoms with Gasteiger partial charge in [0.15, 0.2) is 0 Å². The maximum Gasteiger partial charge on any atom is 0.305 e. The number of hydrogen-bond donors (Lipinski definition) is 1. The lowest BCUT2D eigenvalue weighted by Crippen LogP contribution is -2.28. The van der Waals surface area contributed by atoms with E-state index in [1.807, 2.05) is 23.1 Å². The number of aliphatic carboxylic acids is 1. The highest BCUT2D eigenvalue weighted by Gasteiger charge is 2.11. The molecule has 102 valence electrons. The zero-order chi connectivity index (χ0) is 14.1. The minimum absolute atomic E-state index is 0.0892. The molecule has 4 nitrogen and oxygen atoms in total. The van der Waals surface area contributed by atoms with E-state index in [1.165, 1.54) is 0 Å². The summed E-state index contributed by atoms with van der Waals surface area (Å²) in [7, 11) is 0. The van der Waals surface area contributed by atoms with Crippen molar-refractivity contribution in [3.05, 3.63) is 29.8 Å². The van der Waals surface area contributed by atoms with Crippen molar-refractivity contribution in [2.75, 3.05) is 18.0 Å². The number of carboxylic acids is 1. The number of nitriles is 1. The predicted octanol–water partition coefficient (Wildman–Crippen LogP) is 3.03. The van der Waals surface area contributed by atoms with Crippen LogP contribution in [0.1, 0.15) is 38.2 Å². The van der Waals surface area contributed by atoms with Gasteiger partial charge >= 0.3 is 5.97 Å². The second-order valence-corrected chi connectivity index (χ2v) is 4.47. The van der Waals surface area contributed by atoms with Gasteiger partial charge in [0.2, 0.25) is 0 Å². The van der Waals surface area contributed by atoms with E-state index in [9.17, 15) is 4.79 Å². The van der Waals surface area contributed by atoms with Gasteiger partial charge in [0, 0.05) is 13.1 Å². The van der Waals surface area contributed by atoms with Gasteiger partial charge in [-0.2, -0.15) is 5.26 Å². The third kappa shape index (κ3) is 5.01. The lowest BCUT2D eigenvalue weighted by Gasteiger charge is -2.25. The molecule has 4 heteroatoms. The van der Waals surface area contributed by atoms with Gasteiger partial charge in [0.1, 0.15) is 6.07 Å². The van der Waals surface area contributed by atoms with Crippen molar-refractivity contribution in [2.45, 2.75) is 32.6 Å². The topological polar surface area (TPSA) is 64.3 Å². The summed E-state index contributed by atoms with van der Waals surface area (Å²) in [4.78, 5) is 12.7. The van der Waals surface area contributed by atoms with E-state index in [1.54, 1.807) is 6.07 Å². The third-order valence-electron chi connectivity index (χ3n) is 2.99. The number of nitrogens with zero attached hydrogens (tertiary/aromatic N) is 2. The van der Waals surface area contributed by atoms with Crippen molar-refractivity contribution in [3.8, 4) is 6.07 Å². The lowest BCUT2D eigenvalue weighted by molar-refractivity contribution is -0.136. The standard InChI is InChI=1S/C15H20N2O2/c1-2-3-6-10-17(11-9-15(18)19)14-8-5-4-7-13(14)12-16/h4-5,7-8H,2-3,6,9-11H2,1H3,(H,18,19). The Balaban J connectivity index is 2.81. The number of para-hydroxylation sites is 1. The zero-order valence-electron chi connectivity index (χ0n) is 11.3. The van der Waals surface area contributed by atoms with Crippen LogP contribution in [0.15, 0.2) is 24.3 Å². The highest BCUT2D eigenvalue weighted by atomic mass is 16.4. The van der Waals surface area contributed by atoms with Crippen LogP contribution in [0.2, 0.25) is 0 Å². The molecule has 1 rings (SSSR count). The summed E-state index contributed by atoms with van der Waals surface area (Å²) in [6, 6.07) is 9.51. The monoisotopic (exact) mass is 260 g/mol. The Kier molecular flexibility index (Phi) is 6.45. The van der Waals surface area contributed by atoms with Crippen molar-refractivity contribution in [2.24, 2.45) is 0 Å². The molecule has 0 fully saturated rings. The number of carboxylic acid groups (broad SMARTS) is 1. The van der Waals surface area contributed by atoms with Gasteiger partial charge in [-0.1, -0.05) is 31.9 Å². The first-order valence-electron chi connectivity index (χ1n) is 6.65. The van der Waals surface area contributed by atoms with Gasteiger partial charge in [0.25, 0.3) is 0 Å². The fourth-order valence-electron chi connectivity index (χ4n) is 1.98. The Morgan fingerprint density at radius 3 is 2.68 bits per heavy atom. The van der Waals surface area contributed by atoms with E-state index >= 15 is 0 Å². The summed E-state index contributed by atoms with van der Waals surface area (Å²) in [5.74, 6) is -0.810. The Morgan fingerprint density at radius 2 is 2.05 bits per heavy atom. The van der Waals surface area contributed by atoms with E-state index in [-0.39, 0.29) is 6.42 Å². The number of anilines is 1. The molecule has 0 aliphatic rings. The molecular weight excluding hydrogens is 240 g/mol. The molecular formula is C15H20N2O2. The zero-order valence-corrected chi connectivity index (χ0v) is 11.3. The van der Waals surface area contributed by atoms with Crippen LogP contribution in [0.4, 0.5) is 5.69 Å². The van der Waals surface area contributed by atoms with E-state index in [0.717, 1.165) is 31.5 Å². The second kappa shape index (κ2) is 8.15. The number of hydrogen-bond acceptors (Lipinski definition) is 3. The summed E-state index contributed by atoms with van der Waals surface area (Å²) in [6.45, 7) is 3.36. The van der Waals surface area contributed by atoms with Crippen molar-refractivity contribution in [3.63, 3.8) is 0 Å². The van der Waals surface area contributed by atoms with Gasteiger partial charge < -0.3 is 10.0 Å². The second-order valence-electron chi connectivity index (χ2n) is 4.47. The molecule has 0 atom stereocenters. The van der Waals surface area contributed by atoms with E-state index < -0.39 is 5.97 Å². The average molecular weight is 260 g/mol. The molecule has 0 aliphatic heterocycles. The largest absolute Gasteiger partial charge is 0.481 e. The average Bonchev–Trinajstić information content (AvgIpc) is 2.42. The van der Waals surface area contributed by atoms with Crippen molar-refractivity contribution in [1.29, 1.82) is 5.26 Å². The van der Waals surface area contributed by atoms with Crippen molar-refractivity contribution < 1.29 is 9.90 Å². The minimum atomic E-state index is -0.810. The normalized spacial score (nSPS) is 9.89. The van der Waals surface area contributed by atoms with Crippen LogP contribution in [0.3, 0.4) is 0 Å². The molecule has 1 N–H and O–H groups in total. The summed E-state index contributed by atoms with van der Waals surface area (Å²) in [5, 5.41) is 17.9. The molecule has 0 aliphatic carbocycles. The van der Waals surface area contributed by atoms with E-state index in [0.29, 0.717) is 12.1 Å². The molecule has 0 heterocycles. The Morgan fingerprint density at radius 1 is 1.32 bits per heavy atom. The Hall–Kier alpha value is -2.02. The van der Waals surface area contributed by atoms with Crippen LogP contribution < -0.4 is 4.90 Å². The Bertz CT molecular complexity index is 452. The highest BCUT2D eigenvalue weighted by molar-refractivity contribution is 5.68. The van der Waals surface area contributed by atoms with Crippen LogP contribution in [-0.2, 0) is 4.79 Å². The molecule has 1 aromatic rings. The molecule has 0 saturated heterocycles. The van der Waals surface area contributed by atoms with Gasteiger partial charge in [0.05, 0.1) is 17.7 Å². The molecule has 0 bridgehead atoms. The fourth-order valence-corrected chi connectivity index (χ4v) is 1.98. The van der Waals surface area contributed by atoms with Crippen LogP contribution >= 0.6 is 0 Å². The van der Waals surface area contributed by atoms with Crippen molar-refractivity contribution in [1.82, 2.24) is 0 Å². The Labute approximate surface area is 114 Å². The first kappa shape index (κ1) is 15.0. The summed E-state index contributed by atoms with van der Waals surface area (Å²) in [6.07, 6.45) is 3.33. The molecule has 0 unspecified atom stereocenters. The van der Waals surface area contributed by atoms with E-state index in [2.05, 4.69) is 13.0 Å². The van der Waals surface area contributed by atoms with Crippen LogP contribution in [0.25, 0.3) is 0 Å². The summed E-state index contributed by atoms with van der Waals surface area (Å²) < 4.78 is 0. The maximum atomic E-state index is 10.7. The van der Waals surface area contributed by atoms with Gasteiger partial charge in [-0.3, -0.25) is 4.79 Å². The van der Waals surface area contributed by atoms with Gasteiger partial charge in [-0.25, -0.2) is 0 Å². The molecule has 19 heavy (non-hydrogen) atoms. The summed E-state index contributed by atoms with van der Waals surface area (Å²) >= 11 is 0. The van der Waals surface area contributed by atoms with Gasteiger partial charge in [-0.15, -0.1) is 0 Å². The lowest BCUT2D eigenvalue weighted by atomic mass is 10.1. The van der Waals surface area contributed by atoms with Crippen LogP contribution in [-0.4, -0.2) is 24.2 Å². The predicted molar refractivity (Wildman–Crippen MR) is 75.1 cm³/mol. The van der Waals surface area contributed by atoms with Gasteiger partial charge in [-0.05, 0) is 18.6 Å². The smallest absolute Gasteiger partial charge is 0.305 e. The first-order valence-corrected chi connectivity index (χ1v) is 6.65. The SMILES string of the molecule is CCCCCN(CCC(=O)O)c1ccccc1C#N. The third-order valence-corrected chi connectivity index (χ3v) is 2.99. The molecule has 0 radical (unpaired) electrons. The van der Waals surface area contributed by atoms with E-state index in [4.69, 9.17) is 10.4 Å². The minimum Gasteiger partial charge on any atom is -0.481 e.